The predicted molar refractivity (Wildman–Crippen MR) is 146 cm³/mol. The standard InChI is InChI=1S/C29H37F5N4O3/c1-7-9-20(29(32,33)34)11-8-10-17(4)14-21(35)24-23-22(36-15-37-23)12-13-38(24)28(40)26(18(5)27(30)31)41-25(16(2)3)19(6)39/h8,10-11,14-15,19,24,27,35,39H,7,9,12-13H2,1-6H3,(H,36,37)/b10-8-,17-14+,20-11+,26-18+,35-21?. The van der Waals surface area contributed by atoms with Gasteiger partial charge in [-0.25, -0.2) is 13.8 Å². The van der Waals surface area contributed by atoms with E-state index in [1.54, 1.807) is 27.7 Å². The maximum absolute atomic E-state index is 13.8. The number of aliphatic hydroxyl groups excluding tert-OH is 1. The molecule has 2 atom stereocenters. The minimum atomic E-state index is -4.45. The number of nitrogens with one attached hydrogen (secondary N) is 2. The van der Waals surface area contributed by atoms with Crippen molar-refractivity contribution in [3.63, 3.8) is 0 Å². The Hall–Kier alpha value is -3.54. The summed E-state index contributed by atoms with van der Waals surface area (Å²) in [6.07, 6.45) is -1.72. The molecule has 1 amide bonds. The summed E-state index contributed by atoms with van der Waals surface area (Å²) >= 11 is 0. The zero-order chi connectivity index (χ0) is 31.1. The number of aromatic nitrogens is 2. The fourth-order valence-corrected chi connectivity index (χ4v) is 4.33. The van der Waals surface area contributed by atoms with Gasteiger partial charge in [-0.05, 0) is 58.3 Å². The number of halogens is 5. The first-order valence-electron chi connectivity index (χ1n) is 13.2. The lowest BCUT2D eigenvalue weighted by molar-refractivity contribution is -0.132. The molecule has 0 saturated heterocycles. The number of rotatable bonds is 11. The van der Waals surface area contributed by atoms with E-state index in [9.17, 15) is 31.9 Å². The van der Waals surface area contributed by atoms with Crippen molar-refractivity contribution in [1.29, 1.82) is 5.41 Å². The molecule has 1 aliphatic heterocycles. The molecule has 0 spiro atoms. The van der Waals surface area contributed by atoms with Gasteiger partial charge in [0.1, 0.15) is 17.9 Å². The molecule has 2 rings (SSSR count). The van der Waals surface area contributed by atoms with E-state index in [1.165, 1.54) is 36.4 Å². The number of H-pyrrole nitrogens is 1. The Bertz CT molecular complexity index is 1270. The van der Waals surface area contributed by atoms with Crippen molar-refractivity contribution >= 4 is 11.6 Å². The Morgan fingerprint density at radius 3 is 2.49 bits per heavy atom. The summed E-state index contributed by atoms with van der Waals surface area (Å²) in [5.74, 6) is -1.62. The number of fused-ring (bicyclic) bond motifs is 1. The van der Waals surface area contributed by atoms with Crippen molar-refractivity contribution in [3.8, 4) is 0 Å². The molecule has 3 N–H and O–H groups in total. The quantitative estimate of drug-likeness (QED) is 0.0868. The lowest BCUT2D eigenvalue weighted by Gasteiger charge is -2.35. The van der Waals surface area contributed by atoms with Crippen molar-refractivity contribution in [3.05, 3.63) is 75.8 Å². The number of amides is 1. The van der Waals surface area contributed by atoms with E-state index in [1.807, 2.05) is 0 Å². The van der Waals surface area contributed by atoms with Gasteiger partial charge in [0.25, 0.3) is 12.3 Å². The SMILES string of the molecule is CCC\C(=C/C=C\C(C)=C\C(=N)C1c2nc[nH]c2CCN1C(=O)/C(OC(=C(C)C)C(C)O)=C(/C)C(F)F)C(F)(F)F. The molecule has 1 aromatic rings. The van der Waals surface area contributed by atoms with Gasteiger partial charge in [-0.1, -0.05) is 31.6 Å². The van der Waals surface area contributed by atoms with Crippen LogP contribution in [0.15, 0.2) is 64.4 Å². The van der Waals surface area contributed by atoms with Crippen LogP contribution in [-0.4, -0.2) is 56.8 Å². The van der Waals surface area contributed by atoms with Crippen LogP contribution in [0.2, 0.25) is 0 Å². The molecule has 0 fully saturated rings. The normalized spacial score (nSPS) is 17.9. The largest absolute Gasteiger partial charge is 0.453 e. The average Bonchev–Trinajstić information content (AvgIpc) is 3.35. The van der Waals surface area contributed by atoms with Crippen LogP contribution in [0, 0.1) is 5.41 Å². The zero-order valence-electron chi connectivity index (χ0n) is 24.0. The number of ether oxygens (including phenoxy) is 1. The maximum atomic E-state index is 13.8. The molecule has 1 aromatic heterocycles. The topological polar surface area (TPSA) is 102 Å². The smallest absolute Gasteiger partial charge is 0.412 e. The number of carbonyl (C=O) groups excluding carboxylic acids is 1. The lowest BCUT2D eigenvalue weighted by Crippen LogP contribution is -2.44. The van der Waals surface area contributed by atoms with E-state index >= 15 is 0 Å². The molecule has 12 heteroatoms. The van der Waals surface area contributed by atoms with Crippen LogP contribution < -0.4 is 0 Å². The molecule has 7 nitrogen and oxygen atoms in total. The van der Waals surface area contributed by atoms with Gasteiger partial charge in [0.2, 0.25) is 0 Å². The Labute approximate surface area is 236 Å². The van der Waals surface area contributed by atoms with Gasteiger partial charge >= 0.3 is 6.18 Å². The number of alkyl halides is 5. The fourth-order valence-electron chi connectivity index (χ4n) is 4.33. The summed E-state index contributed by atoms with van der Waals surface area (Å²) in [6.45, 7) is 8.93. The van der Waals surface area contributed by atoms with Gasteiger partial charge in [0, 0.05) is 29.8 Å². The van der Waals surface area contributed by atoms with Crippen molar-refractivity contribution in [2.24, 2.45) is 0 Å². The highest BCUT2D eigenvalue weighted by molar-refractivity contribution is 6.03. The zero-order valence-corrected chi connectivity index (χ0v) is 24.0. The van der Waals surface area contributed by atoms with Gasteiger partial charge in [0.15, 0.2) is 5.76 Å². The highest BCUT2D eigenvalue weighted by Gasteiger charge is 2.38. The Morgan fingerprint density at radius 2 is 1.95 bits per heavy atom. The molecule has 2 heterocycles. The molecule has 2 unspecified atom stereocenters. The van der Waals surface area contributed by atoms with Crippen LogP contribution in [0.4, 0.5) is 22.0 Å². The molecular weight excluding hydrogens is 547 g/mol. The van der Waals surface area contributed by atoms with Gasteiger partial charge in [-0.15, -0.1) is 0 Å². The van der Waals surface area contributed by atoms with Crippen LogP contribution in [0.3, 0.4) is 0 Å². The maximum Gasteiger partial charge on any atom is 0.412 e. The van der Waals surface area contributed by atoms with E-state index in [0.29, 0.717) is 35.4 Å². The first-order valence-corrected chi connectivity index (χ1v) is 13.2. The highest BCUT2D eigenvalue weighted by atomic mass is 19.4. The summed E-state index contributed by atoms with van der Waals surface area (Å²) < 4.78 is 72.8. The second kappa shape index (κ2) is 14.4. The van der Waals surface area contributed by atoms with Gasteiger partial charge in [-0.2, -0.15) is 13.2 Å². The van der Waals surface area contributed by atoms with E-state index in [2.05, 4.69) is 9.97 Å². The van der Waals surface area contributed by atoms with Crippen molar-refractivity contribution < 1.29 is 36.6 Å². The summed E-state index contributed by atoms with van der Waals surface area (Å²) in [7, 11) is 0. The van der Waals surface area contributed by atoms with Crippen molar-refractivity contribution in [1.82, 2.24) is 14.9 Å². The number of imidazole rings is 1. The third kappa shape index (κ3) is 8.72. The summed E-state index contributed by atoms with van der Waals surface area (Å²) in [6, 6.07) is -1.09. The third-order valence-corrected chi connectivity index (χ3v) is 6.37. The summed E-state index contributed by atoms with van der Waals surface area (Å²) in [4.78, 5) is 22.2. The Kier molecular flexibility index (Phi) is 11.8. The third-order valence-electron chi connectivity index (χ3n) is 6.37. The Morgan fingerprint density at radius 1 is 1.29 bits per heavy atom. The molecule has 226 valence electrons. The van der Waals surface area contributed by atoms with E-state index in [4.69, 9.17) is 10.1 Å². The molecular formula is C29H37F5N4O3. The molecule has 0 aliphatic carbocycles. The average molecular weight is 585 g/mol. The number of aromatic amines is 1. The number of nitrogens with zero attached hydrogens (tertiary/aromatic N) is 2. The molecule has 41 heavy (non-hydrogen) atoms. The lowest BCUT2D eigenvalue weighted by atomic mass is 9.96. The van der Waals surface area contributed by atoms with Crippen molar-refractivity contribution in [2.45, 2.75) is 85.6 Å². The number of allylic oxidation sites excluding steroid dienone is 7. The molecule has 0 bridgehead atoms. The van der Waals surface area contributed by atoms with Gasteiger partial charge in [0.05, 0.1) is 17.7 Å². The van der Waals surface area contributed by atoms with Crippen molar-refractivity contribution in [2.75, 3.05) is 6.54 Å². The number of hydrogen-bond donors (Lipinski definition) is 3. The van der Waals surface area contributed by atoms with Crippen LogP contribution in [0.5, 0.6) is 0 Å². The first-order chi connectivity index (χ1) is 19.1. The minimum absolute atomic E-state index is 0.0424. The van der Waals surface area contributed by atoms with Crippen LogP contribution >= 0.6 is 0 Å². The molecule has 0 saturated carbocycles. The Balaban J connectivity index is 2.51. The van der Waals surface area contributed by atoms with Crippen LogP contribution in [0.1, 0.15) is 71.8 Å². The van der Waals surface area contributed by atoms with Crippen LogP contribution in [-0.2, 0) is 16.0 Å². The van der Waals surface area contributed by atoms with E-state index in [-0.39, 0.29) is 24.4 Å². The number of hydrogen-bond acceptors (Lipinski definition) is 5. The molecule has 1 aliphatic rings. The predicted octanol–water partition coefficient (Wildman–Crippen LogP) is 6.88. The van der Waals surface area contributed by atoms with E-state index < -0.39 is 47.6 Å². The van der Waals surface area contributed by atoms with Crippen LogP contribution in [0.25, 0.3) is 0 Å². The summed E-state index contributed by atoms with van der Waals surface area (Å²) in [5, 5.41) is 18.9. The first kappa shape index (κ1) is 33.7. The molecule has 0 radical (unpaired) electrons. The second-order valence-corrected chi connectivity index (χ2v) is 10.0. The number of aliphatic hydroxyl groups is 1. The van der Waals surface area contributed by atoms with Gasteiger partial charge in [-0.3, -0.25) is 4.79 Å². The summed E-state index contributed by atoms with van der Waals surface area (Å²) in [5.41, 5.74) is 0.472. The second-order valence-electron chi connectivity index (χ2n) is 10.0. The fraction of sp³-hybridized carbons (Fsp3) is 0.483. The highest BCUT2D eigenvalue weighted by Crippen LogP contribution is 2.33. The van der Waals surface area contributed by atoms with E-state index in [0.717, 1.165) is 13.0 Å². The number of carbonyl (C=O) groups is 1. The molecule has 0 aromatic carbocycles. The monoisotopic (exact) mass is 584 g/mol. The van der Waals surface area contributed by atoms with Gasteiger partial charge < -0.3 is 25.1 Å². The minimum Gasteiger partial charge on any atom is -0.453 e.